The molecule has 0 fully saturated rings. The molecule has 0 unspecified atom stereocenters. The summed E-state index contributed by atoms with van der Waals surface area (Å²) < 4.78 is 75.0. The Morgan fingerprint density at radius 3 is 2.27 bits per heavy atom. The second-order valence-corrected chi connectivity index (χ2v) is 7.60. The van der Waals surface area contributed by atoms with Crippen molar-refractivity contribution in [3.63, 3.8) is 0 Å². The minimum absolute atomic E-state index is 0. The van der Waals surface area contributed by atoms with Crippen molar-refractivity contribution >= 4 is 40.0 Å². The minimum atomic E-state index is -4.68. The van der Waals surface area contributed by atoms with E-state index in [9.17, 15) is 26.0 Å². The zero-order chi connectivity index (χ0) is 21.7. The molecule has 0 spiro atoms. The number of aliphatic imine (C=N–C) groups is 1. The Kier molecular flexibility index (Phi) is 9.49. The van der Waals surface area contributed by atoms with E-state index in [1.54, 1.807) is 6.92 Å². The van der Waals surface area contributed by atoms with E-state index in [2.05, 4.69) is 15.6 Å². The van der Waals surface area contributed by atoms with Crippen LogP contribution in [0.15, 0.2) is 52.4 Å². The summed E-state index contributed by atoms with van der Waals surface area (Å²) in [6.45, 7) is 2.18. The Morgan fingerprint density at radius 2 is 1.73 bits per heavy atom. The number of guanidine groups is 1. The van der Waals surface area contributed by atoms with E-state index >= 15 is 0 Å². The summed E-state index contributed by atoms with van der Waals surface area (Å²) >= 11 is 0. The van der Waals surface area contributed by atoms with Gasteiger partial charge >= 0.3 is 6.18 Å². The van der Waals surface area contributed by atoms with Gasteiger partial charge in [-0.1, -0.05) is 18.2 Å². The normalized spacial score (nSPS) is 12.3. The van der Waals surface area contributed by atoms with Gasteiger partial charge in [-0.05, 0) is 42.3 Å². The number of rotatable bonds is 6. The molecular weight excluding hydrogens is 539 g/mol. The van der Waals surface area contributed by atoms with E-state index in [4.69, 9.17) is 5.14 Å². The predicted octanol–water partition coefficient (Wildman–Crippen LogP) is 3.37. The Bertz CT molecular complexity index is 981. The first-order chi connectivity index (χ1) is 13.5. The van der Waals surface area contributed by atoms with Crippen molar-refractivity contribution in [2.75, 3.05) is 6.54 Å². The summed E-state index contributed by atoms with van der Waals surface area (Å²) in [5, 5.41) is 10.7. The summed E-state index contributed by atoms with van der Waals surface area (Å²) in [5.41, 5.74) is -0.506. The molecule has 0 heterocycles. The molecule has 0 aliphatic rings. The van der Waals surface area contributed by atoms with Gasteiger partial charge < -0.3 is 10.6 Å². The maximum absolute atomic E-state index is 13.2. The molecule has 2 aromatic rings. The van der Waals surface area contributed by atoms with Crippen LogP contribution in [0.4, 0.5) is 17.6 Å². The van der Waals surface area contributed by atoms with Crippen molar-refractivity contribution in [2.45, 2.75) is 31.1 Å². The molecule has 4 N–H and O–H groups in total. The molecule has 0 bridgehead atoms. The van der Waals surface area contributed by atoms with Crippen LogP contribution in [0.25, 0.3) is 0 Å². The van der Waals surface area contributed by atoms with E-state index in [-0.39, 0.29) is 53.5 Å². The standard InChI is InChI=1S/C18H20F4N4O2S.HI/c1-2-24-17(25-10-12-3-7-15(8-4-12)29(23,27)28)26-11-13-5-6-14(19)9-16(13)18(20,21)22;/h3-9H,2,10-11H2,1H3,(H2,23,27,28)(H2,24,25,26);1H. The highest BCUT2D eigenvalue weighted by Gasteiger charge is 2.33. The Balaban J connectivity index is 0.00000450. The van der Waals surface area contributed by atoms with E-state index in [0.29, 0.717) is 18.2 Å². The smallest absolute Gasteiger partial charge is 0.357 e. The van der Waals surface area contributed by atoms with Crippen LogP contribution in [0.5, 0.6) is 0 Å². The van der Waals surface area contributed by atoms with Gasteiger partial charge in [0.05, 0.1) is 17.0 Å². The Morgan fingerprint density at radius 1 is 1.10 bits per heavy atom. The number of halogens is 5. The second-order valence-electron chi connectivity index (χ2n) is 6.04. The molecule has 2 rings (SSSR count). The van der Waals surface area contributed by atoms with Crippen LogP contribution in [-0.2, 0) is 29.3 Å². The molecule has 30 heavy (non-hydrogen) atoms. The molecular formula is C18H21F4IN4O2S. The number of hydrogen-bond acceptors (Lipinski definition) is 3. The van der Waals surface area contributed by atoms with Crippen LogP contribution < -0.4 is 15.8 Å². The number of alkyl halides is 3. The van der Waals surface area contributed by atoms with Gasteiger partial charge in [0, 0.05) is 13.1 Å². The third-order valence-electron chi connectivity index (χ3n) is 3.84. The van der Waals surface area contributed by atoms with E-state index < -0.39 is 27.6 Å². The summed E-state index contributed by atoms with van der Waals surface area (Å²) in [7, 11) is -3.80. The summed E-state index contributed by atoms with van der Waals surface area (Å²) in [6.07, 6.45) is -4.68. The van der Waals surface area contributed by atoms with Crippen LogP contribution >= 0.6 is 24.0 Å². The fraction of sp³-hybridized carbons (Fsp3) is 0.278. The molecule has 0 aliphatic heterocycles. The second kappa shape index (κ2) is 10.9. The minimum Gasteiger partial charge on any atom is -0.357 e. The maximum Gasteiger partial charge on any atom is 0.416 e. The lowest BCUT2D eigenvalue weighted by molar-refractivity contribution is -0.138. The fourth-order valence-electron chi connectivity index (χ4n) is 2.44. The number of nitrogens with one attached hydrogen (secondary N) is 2. The number of sulfonamides is 1. The average molecular weight is 560 g/mol. The third kappa shape index (κ3) is 7.72. The van der Waals surface area contributed by atoms with Gasteiger partial charge in [0.25, 0.3) is 0 Å². The average Bonchev–Trinajstić information content (AvgIpc) is 2.63. The topological polar surface area (TPSA) is 96.6 Å². The van der Waals surface area contributed by atoms with E-state index in [1.165, 1.54) is 24.3 Å². The summed E-state index contributed by atoms with van der Waals surface area (Å²) in [5.74, 6) is -0.718. The first-order valence-electron chi connectivity index (χ1n) is 8.50. The maximum atomic E-state index is 13.2. The largest absolute Gasteiger partial charge is 0.416 e. The lowest BCUT2D eigenvalue weighted by Gasteiger charge is -2.16. The Hall–Kier alpha value is -1.93. The molecule has 0 amide bonds. The summed E-state index contributed by atoms with van der Waals surface area (Å²) in [6, 6.07) is 8.24. The molecule has 0 aromatic heterocycles. The van der Waals surface area contributed by atoms with Gasteiger partial charge in [0.15, 0.2) is 5.96 Å². The van der Waals surface area contributed by atoms with Crippen molar-refractivity contribution in [2.24, 2.45) is 10.1 Å². The monoisotopic (exact) mass is 560 g/mol. The highest BCUT2D eigenvalue weighted by Crippen LogP contribution is 2.32. The molecule has 12 heteroatoms. The first kappa shape index (κ1) is 26.1. The molecule has 0 aliphatic carbocycles. The highest BCUT2D eigenvalue weighted by atomic mass is 127. The van der Waals surface area contributed by atoms with E-state index in [0.717, 1.165) is 12.1 Å². The van der Waals surface area contributed by atoms with Crippen molar-refractivity contribution < 1.29 is 26.0 Å². The van der Waals surface area contributed by atoms with Gasteiger partial charge in [-0.2, -0.15) is 13.2 Å². The van der Waals surface area contributed by atoms with Gasteiger partial charge in [-0.25, -0.2) is 22.9 Å². The SMILES string of the molecule is CCNC(=NCc1ccc(S(N)(=O)=O)cc1)NCc1ccc(F)cc1C(F)(F)F.I. The molecule has 0 saturated carbocycles. The molecule has 6 nitrogen and oxygen atoms in total. The molecule has 0 radical (unpaired) electrons. The van der Waals surface area contributed by atoms with E-state index in [1.807, 2.05) is 0 Å². The number of primary sulfonamides is 1. The van der Waals surface area contributed by atoms with Crippen molar-refractivity contribution in [3.8, 4) is 0 Å². The van der Waals surface area contributed by atoms with Crippen LogP contribution in [0, 0.1) is 5.82 Å². The lowest BCUT2D eigenvalue weighted by Crippen LogP contribution is -2.37. The zero-order valence-corrected chi connectivity index (χ0v) is 19.0. The number of hydrogen-bond donors (Lipinski definition) is 3. The fourth-order valence-corrected chi connectivity index (χ4v) is 2.96. The van der Waals surface area contributed by atoms with Crippen LogP contribution in [-0.4, -0.2) is 20.9 Å². The van der Waals surface area contributed by atoms with Crippen LogP contribution in [0.3, 0.4) is 0 Å². The van der Waals surface area contributed by atoms with Gasteiger partial charge in [-0.3, -0.25) is 0 Å². The number of benzene rings is 2. The molecule has 166 valence electrons. The third-order valence-corrected chi connectivity index (χ3v) is 4.77. The van der Waals surface area contributed by atoms with Crippen molar-refractivity contribution in [3.05, 3.63) is 65.0 Å². The van der Waals surface area contributed by atoms with Gasteiger partial charge in [0.2, 0.25) is 10.0 Å². The van der Waals surface area contributed by atoms with Crippen molar-refractivity contribution in [1.29, 1.82) is 0 Å². The van der Waals surface area contributed by atoms with Crippen LogP contribution in [0.2, 0.25) is 0 Å². The quantitative estimate of drug-likeness (QED) is 0.219. The van der Waals surface area contributed by atoms with Crippen LogP contribution in [0.1, 0.15) is 23.6 Å². The number of nitrogens with two attached hydrogens (primary N) is 1. The van der Waals surface area contributed by atoms with Gasteiger partial charge in [-0.15, -0.1) is 24.0 Å². The predicted molar refractivity (Wildman–Crippen MR) is 116 cm³/mol. The molecule has 2 aromatic carbocycles. The zero-order valence-electron chi connectivity index (χ0n) is 15.8. The van der Waals surface area contributed by atoms with Crippen molar-refractivity contribution in [1.82, 2.24) is 10.6 Å². The number of nitrogens with zero attached hydrogens (tertiary/aromatic N) is 1. The summed E-state index contributed by atoms with van der Waals surface area (Å²) in [4.78, 5) is 4.22. The Labute approximate surface area is 189 Å². The highest BCUT2D eigenvalue weighted by molar-refractivity contribution is 14.0. The molecule has 0 saturated heterocycles. The first-order valence-corrected chi connectivity index (χ1v) is 10.0. The lowest BCUT2D eigenvalue weighted by atomic mass is 10.1. The molecule has 0 atom stereocenters. The van der Waals surface area contributed by atoms with Gasteiger partial charge in [0.1, 0.15) is 5.82 Å².